The van der Waals surface area contributed by atoms with E-state index in [2.05, 4.69) is 15.2 Å². The molecule has 0 spiro atoms. The van der Waals surface area contributed by atoms with Gasteiger partial charge in [-0.1, -0.05) is 41.9 Å². The second-order valence-corrected chi connectivity index (χ2v) is 7.63. The molecule has 0 aliphatic heterocycles. The Kier molecular flexibility index (Phi) is 5.95. The van der Waals surface area contributed by atoms with Crippen LogP contribution in [0.2, 0.25) is 5.02 Å². The maximum absolute atomic E-state index is 5.92. The topological polar surface area (TPSA) is 50.8 Å². The van der Waals surface area contributed by atoms with Crippen molar-refractivity contribution < 1.29 is 4.74 Å². The summed E-state index contributed by atoms with van der Waals surface area (Å²) in [6, 6.07) is 25.7. The second kappa shape index (κ2) is 8.95. The van der Waals surface area contributed by atoms with Gasteiger partial charge in [-0.2, -0.15) is 5.10 Å². The molecular formula is C22H18ClN3OS. The van der Waals surface area contributed by atoms with Crippen molar-refractivity contribution in [3.8, 4) is 17.1 Å². The van der Waals surface area contributed by atoms with Crippen LogP contribution >= 0.6 is 23.4 Å². The summed E-state index contributed by atoms with van der Waals surface area (Å²) in [5, 5.41) is 8.07. The first-order valence-electron chi connectivity index (χ1n) is 8.83. The van der Waals surface area contributed by atoms with E-state index in [1.807, 2.05) is 78.9 Å². The molecule has 0 bridgehead atoms. The molecule has 3 aromatic carbocycles. The van der Waals surface area contributed by atoms with Crippen LogP contribution in [0.25, 0.3) is 11.4 Å². The summed E-state index contributed by atoms with van der Waals surface area (Å²) in [4.78, 5) is 5.72. The predicted octanol–water partition coefficient (Wildman–Crippen LogP) is 6.00. The van der Waals surface area contributed by atoms with Crippen molar-refractivity contribution in [3.63, 3.8) is 0 Å². The molecule has 0 fully saturated rings. The smallest absolute Gasteiger partial charge is 0.181 e. The first kappa shape index (κ1) is 18.6. The van der Waals surface area contributed by atoms with Gasteiger partial charge in [0.05, 0.1) is 5.75 Å². The molecule has 140 valence electrons. The molecule has 1 N–H and O–H groups in total. The van der Waals surface area contributed by atoms with Crippen molar-refractivity contribution in [3.05, 3.63) is 95.3 Å². The molecule has 1 heterocycles. The summed E-state index contributed by atoms with van der Waals surface area (Å²) in [6.07, 6.45) is 0. The van der Waals surface area contributed by atoms with Gasteiger partial charge in [0.15, 0.2) is 5.82 Å². The van der Waals surface area contributed by atoms with Crippen molar-refractivity contribution in [1.29, 1.82) is 0 Å². The highest BCUT2D eigenvalue weighted by atomic mass is 35.5. The van der Waals surface area contributed by atoms with Gasteiger partial charge in [-0.05, 0) is 54.1 Å². The zero-order chi connectivity index (χ0) is 19.2. The minimum absolute atomic E-state index is 0.549. The number of ether oxygens (including phenoxy) is 1. The van der Waals surface area contributed by atoms with Crippen molar-refractivity contribution in [2.24, 2.45) is 0 Å². The normalized spacial score (nSPS) is 10.8. The fraction of sp³-hybridized carbons (Fsp3) is 0.0909. The lowest BCUT2D eigenvalue weighted by atomic mass is 10.2. The molecule has 4 rings (SSSR count). The van der Waals surface area contributed by atoms with Crippen molar-refractivity contribution in [2.75, 3.05) is 0 Å². The Morgan fingerprint density at radius 2 is 1.64 bits per heavy atom. The second-order valence-electron chi connectivity index (χ2n) is 6.15. The van der Waals surface area contributed by atoms with Crippen LogP contribution in [-0.4, -0.2) is 15.2 Å². The molecule has 0 aliphatic carbocycles. The number of halogens is 1. The quantitative estimate of drug-likeness (QED) is 0.382. The van der Waals surface area contributed by atoms with Crippen LogP contribution in [0.4, 0.5) is 0 Å². The van der Waals surface area contributed by atoms with Gasteiger partial charge in [0.1, 0.15) is 18.2 Å². The molecular weight excluding hydrogens is 390 g/mol. The third-order valence-electron chi connectivity index (χ3n) is 4.08. The molecule has 0 amide bonds. The third-order valence-corrected chi connectivity index (χ3v) is 5.36. The van der Waals surface area contributed by atoms with Gasteiger partial charge >= 0.3 is 0 Å². The first-order valence-corrected chi connectivity index (χ1v) is 10.2. The number of thioether (sulfide) groups is 1. The zero-order valence-corrected chi connectivity index (χ0v) is 16.6. The Balaban J connectivity index is 1.34. The lowest BCUT2D eigenvalue weighted by Gasteiger charge is -2.06. The number of nitrogens with zero attached hydrogens (tertiary/aromatic N) is 2. The van der Waals surface area contributed by atoms with E-state index in [-0.39, 0.29) is 0 Å². The molecule has 4 aromatic rings. The summed E-state index contributed by atoms with van der Waals surface area (Å²) < 4.78 is 5.82. The number of H-pyrrole nitrogens is 1. The van der Waals surface area contributed by atoms with E-state index < -0.39 is 0 Å². The van der Waals surface area contributed by atoms with Crippen LogP contribution in [-0.2, 0) is 12.4 Å². The van der Waals surface area contributed by atoms with E-state index in [1.54, 1.807) is 11.8 Å². The lowest BCUT2D eigenvalue weighted by molar-refractivity contribution is 0.306. The van der Waals surface area contributed by atoms with Gasteiger partial charge < -0.3 is 4.74 Å². The highest BCUT2D eigenvalue weighted by Gasteiger charge is 2.07. The van der Waals surface area contributed by atoms with Crippen LogP contribution in [0.5, 0.6) is 5.75 Å². The average Bonchev–Trinajstić information content (AvgIpc) is 3.22. The standard InChI is InChI=1S/C22H18ClN3OS/c23-18-8-12-20(13-9-18)28-15-21-24-22(26-25-21)17-6-10-19(11-7-17)27-14-16-4-2-1-3-5-16/h1-13H,14-15H2,(H,24,25,26). The first-order chi connectivity index (χ1) is 13.8. The highest BCUT2D eigenvalue weighted by Crippen LogP contribution is 2.25. The van der Waals surface area contributed by atoms with Gasteiger partial charge in [-0.25, -0.2) is 4.98 Å². The monoisotopic (exact) mass is 407 g/mol. The molecule has 0 radical (unpaired) electrons. The Hall–Kier alpha value is -2.76. The minimum Gasteiger partial charge on any atom is -0.489 e. The van der Waals surface area contributed by atoms with E-state index in [9.17, 15) is 0 Å². The number of aromatic nitrogens is 3. The van der Waals surface area contributed by atoms with Gasteiger partial charge in [0.25, 0.3) is 0 Å². The summed E-state index contributed by atoms with van der Waals surface area (Å²) >= 11 is 7.60. The number of hydrogen-bond acceptors (Lipinski definition) is 4. The molecule has 0 unspecified atom stereocenters. The Labute approximate surface area is 172 Å². The van der Waals surface area contributed by atoms with Crippen LogP contribution in [0.3, 0.4) is 0 Å². The minimum atomic E-state index is 0.549. The maximum atomic E-state index is 5.92. The number of rotatable bonds is 7. The average molecular weight is 408 g/mol. The molecule has 6 heteroatoms. The van der Waals surface area contributed by atoms with Crippen LogP contribution < -0.4 is 4.74 Å². The van der Waals surface area contributed by atoms with Gasteiger partial charge in [0, 0.05) is 15.5 Å². The molecule has 0 saturated carbocycles. The number of aromatic amines is 1. The van der Waals surface area contributed by atoms with Crippen LogP contribution in [0.15, 0.2) is 83.8 Å². The fourth-order valence-corrected chi connectivity index (χ4v) is 3.50. The Bertz CT molecular complexity index is 1020. The molecule has 4 nitrogen and oxygen atoms in total. The fourth-order valence-electron chi connectivity index (χ4n) is 2.61. The highest BCUT2D eigenvalue weighted by molar-refractivity contribution is 7.98. The molecule has 1 aromatic heterocycles. The zero-order valence-electron chi connectivity index (χ0n) is 15.0. The van der Waals surface area contributed by atoms with Gasteiger partial charge in [0.2, 0.25) is 0 Å². The lowest BCUT2D eigenvalue weighted by Crippen LogP contribution is -1.94. The summed E-state index contributed by atoms with van der Waals surface area (Å²) in [5.74, 6) is 3.05. The SMILES string of the molecule is Clc1ccc(SCc2nc(-c3ccc(OCc4ccccc4)cc3)n[nH]2)cc1. The van der Waals surface area contributed by atoms with Crippen molar-refractivity contribution in [1.82, 2.24) is 15.2 Å². The van der Waals surface area contributed by atoms with Crippen LogP contribution in [0.1, 0.15) is 11.4 Å². The van der Waals surface area contributed by atoms with E-state index in [0.717, 1.165) is 32.6 Å². The van der Waals surface area contributed by atoms with E-state index >= 15 is 0 Å². The summed E-state index contributed by atoms with van der Waals surface area (Å²) in [7, 11) is 0. The Morgan fingerprint density at radius 1 is 0.893 bits per heavy atom. The predicted molar refractivity (Wildman–Crippen MR) is 114 cm³/mol. The van der Waals surface area contributed by atoms with E-state index in [0.29, 0.717) is 18.2 Å². The molecule has 28 heavy (non-hydrogen) atoms. The Morgan fingerprint density at radius 3 is 2.39 bits per heavy atom. The van der Waals surface area contributed by atoms with E-state index in [1.165, 1.54) is 0 Å². The number of benzene rings is 3. The van der Waals surface area contributed by atoms with Crippen molar-refractivity contribution >= 4 is 23.4 Å². The van der Waals surface area contributed by atoms with Crippen LogP contribution in [0, 0.1) is 0 Å². The summed E-state index contributed by atoms with van der Waals surface area (Å²) in [6.45, 7) is 0.549. The van der Waals surface area contributed by atoms with Gasteiger partial charge in [-0.3, -0.25) is 5.10 Å². The molecule has 0 atom stereocenters. The van der Waals surface area contributed by atoms with Gasteiger partial charge in [-0.15, -0.1) is 11.8 Å². The number of hydrogen-bond donors (Lipinski definition) is 1. The van der Waals surface area contributed by atoms with Crippen molar-refractivity contribution in [2.45, 2.75) is 17.3 Å². The van der Waals surface area contributed by atoms with E-state index in [4.69, 9.17) is 16.3 Å². The largest absolute Gasteiger partial charge is 0.489 e. The third kappa shape index (κ3) is 4.94. The number of nitrogens with one attached hydrogen (secondary N) is 1. The molecule has 0 aliphatic rings. The molecule has 0 saturated heterocycles. The summed E-state index contributed by atoms with van der Waals surface area (Å²) in [5.41, 5.74) is 2.09. The maximum Gasteiger partial charge on any atom is 0.181 e.